The van der Waals surface area contributed by atoms with Gasteiger partial charge in [0.15, 0.2) is 5.58 Å². The molecule has 2 heterocycles. The number of rotatable bonds is 5. The van der Waals surface area contributed by atoms with Gasteiger partial charge in [0.1, 0.15) is 6.54 Å². The molecule has 28 heavy (non-hydrogen) atoms. The van der Waals surface area contributed by atoms with Crippen molar-refractivity contribution in [1.82, 2.24) is 9.47 Å². The molecule has 0 spiro atoms. The van der Waals surface area contributed by atoms with Crippen molar-refractivity contribution in [1.29, 1.82) is 0 Å². The van der Waals surface area contributed by atoms with Crippen LogP contribution in [0.2, 0.25) is 0 Å². The maximum atomic E-state index is 12.9. The quantitative estimate of drug-likeness (QED) is 0.635. The van der Waals surface area contributed by atoms with Gasteiger partial charge < -0.3 is 14.1 Å². The molecule has 3 aromatic rings. The Labute approximate surface area is 161 Å². The minimum absolute atomic E-state index is 0.235. The van der Waals surface area contributed by atoms with E-state index in [1.807, 2.05) is 6.07 Å². The van der Waals surface area contributed by atoms with Crippen molar-refractivity contribution in [3.05, 3.63) is 70.7 Å². The molecule has 0 aliphatic carbocycles. The number of ether oxygens (including phenoxy) is 1. The van der Waals surface area contributed by atoms with Gasteiger partial charge >= 0.3 is 11.7 Å². The minimum atomic E-state index is -1.03. The SMILES string of the molecule is O=C(Cn1c(=O)oc2ccccc21)OC(C(=O)N1CCCC1)c1ccccc1. The predicted octanol–water partition coefficient (Wildman–Crippen LogP) is 2.50. The maximum absolute atomic E-state index is 12.9. The van der Waals surface area contributed by atoms with E-state index < -0.39 is 17.8 Å². The number of amides is 1. The molecule has 1 amide bonds. The van der Waals surface area contributed by atoms with Gasteiger partial charge in [0.25, 0.3) is 5.91 Å². The smallest absolute Gasteiger partial charge is 0.420 e. The molecule has 1 aromatic heterocycles. The summed E-state index contributed by atoms with van der Waals surface area (Å²) in [4.78, 5) is 39.3. The van der Waals surface area contributed by atoms with E-state index in [-0.39, 0.29) is 12.5 Å². The number of fused-ring (bicyclic) bond motifs is 1. The molecule has 7 nitrogen and oxygen atoms in total. The maximum Gasteiger partial charge on any atom is 0.420 e. The summed E-state index contributed by atoms with van der Waals surface area (Å²) in [6.45, 7) is 0.990. The van der Waals surface area contributed by atoms with Crippen molar-refractivity contribution in [2.24, 2.45) is 0 Å². The highest BCUT2D eigenvalue weighted by atomic mass is 16.5. The molecule has 7 heteroatoms. The van der Waals surface area contributed by atoms with Crippen LogP contribution in [-0.2, 0) is 20.9 Å². The molecule has 2 aromatic carbocycles. The zero-order valence-corrected chi connectivity index (χ0v) is 15.2. The molecule has 144 valence electrons. The van der Waals surface area contributed by atoms with Gasteiger partial charge in [-0.15, -0.1) is 0 Å². The summed E-state index contributed by atoms with van der Waals surface area (Å²) in [6.07, 6.45) is 0.857. The third kappa shape index (κ3) is 3.55. The molecular formula is C21H20N2O5. The monoisotopic (exact) mass is 380 g/mol. The fraction of sp³-hybridized carbons (Fsp3) is 0.286. The number of hydrogen-bond donors (Lipinski definition) is 0. The fourth-order valence-corrected chi connectivity index (χ4v) is 3.45. The Balaban J connectivity index is 1.57. The molecule has 4 rings (SSSR count). The number of carbonyl (C=O) groups excluding carboxylic acids is 2. The lowest BCUT2D eigenvalue weighted by Gasteiger charge is -2.23. The number of nitrogens with zero attached hydrogens (tertiary/aromatic N) is 2. The van der Waals surface area contributed by atoms with E-state index in [0.29, 0.717) is 29.8 Å². The highest BCUT2D eigenvalue weighted by Gasteiger charge is 2.31. The molecule has 1 atom stereocenters. The highest BCUT2D eigenvalue weighted by molar-refractivity contribution is 5.85. The van der Waals surface area contributed by atoms with Crippen molar-refractivity contribution < 1.29 is 18.7 Å². The van der Waals surface area contributed by atoms with Gasteiger partial charge in [-0.25, -0.2) is 4.79 Å². The Hall–Kier alpha value is -3.35. The molecular weight excluding hydrogens is 360 g/mol. The second-order valence-corrected chi connectivity index (χ2v) is 6.73. The van der Waals surface area contributed by atoms with E-state index in [0.717, 1.165) is 12.8 Å². The summed E-state index contributed by atoms with van der Waals surface area (Å²) in [5, 5.41) is 0. The zero-order chi connectivity index (χ0) is 19.5. The average Bonchev–Trinajstić information content (AvgIpc) is 3.35. The molecule has 0 N–H and O–H groups in total. The summed E-state index contributed by atoms with van der Waals surface area (Å²) >= 11 is 0. The summed E-state index contributed by atoms with van der Waals surface area (Å²) in [7, 11) is 0. The fourth-order valence-electron chi connectivity index (χ4n) is 3.45. The molecule has 1 fully saturated rings. The largest absolute Gasteiger partial charge is 0.446 e. The first-order chi connectivity index (χ1) is 13.6. The van der Waals surface area contributed by atoms with Crippen LogP contribution in [0.4, 0.5) is 0 Å². The second kappa shape index (κ2) is 7.72. The van der Waals surface area contributed by atoms with Crippen molar-refractivity contribution in [2.75, 3.05) is 13.1 Å². The average molecular weight is 380 g/mol. The van der Waals surface area contributed by atoms with Gasteiger partial charge in [-0.05, 0) is 25.0 Å². The molecule has 1 aliphatic heterocycles. The Morgan fingerprint density at radius 2 is 1.68 bits per heavy atom. The van der Waals surface area contributed by atoms with Gasteiger partial charge in [-0.3, -0.25) is 14.2 Å². The van der Waals surface area contributed by atoms with Crippen molar-refractivity contribution in [3.63, 3.8) is 0 Å². The lowest BCUT2D eigenvalue weighted by Crippen LogP contribution is -2.35. The van der Waals surface area contributed by atoms with Crippen LogP contribution in [0.5, 0.6) is 0 Å². The molecule has 1 aliphatic rings. The van der Waals surface area contributed by atoms with Crippen LogP contribution < -0.4 is 5.76 Å². The van der Waals surface area contributed by atoms with Gasteiger partial charge in [0.05, 0.1) is 5.52 Å². The summed E-state index contributed by atoms with van der Waals surface area (Å²) in [6, 6.07) is 15.8. The van der Waals surface area contributed by atoms with Crippen LogP contribution in [-0.4, -0.2) is 34.4 Å². The third-order valence-corrected chi connectivity index (χ3v) is 4.85. The molecule has 0 saturated carbocycles. The number of carbonyl (C=O) groups is 2. The first-order valence-corrected chi connectivity index (χ1v) is 9.25. The van der Waals surface area contributed by atoms with Crippen LogP contribution >= 0.6 is 0 Å². The van der Waals surface area contributed by atoms with Crippen molar-refractivity contribution in [3.8, 4) is 0 Å². The Morgan fingerprint density at radius 3 is 2.43 bits per heavy atom. The molecule has 0 radical (unpaired) electrons. The van der Waals surface area contributed by atoms with Crippen molar-refractivity contribution >= 4 is 23.0 Å². The van der Waals surface area contributed by atoms with Gasteiger partial charge in [-0.2, -0.15) is 0 Å². The summed E-state index contributed by atoms with van der Waals surface area (Å²) < 4.78 is 11.9. The second-order valence-electron chi connectivity index (χ2n) is 6.73. The third-order valence-electron chi connectivity index (χ3n) is 4.85. The topological polar surface area (TPSA) is 81.7 Å². The zero-order valence-electron chi connectivity index (χ0n) is 15.2. The van der Waals surface area contributed by atoms with Crippen LogP contribution in [0.1, 0.15) is 24.5 Å². The van der Waals surface area contributed by atoms with Crippen LogP contribution in [0.15, 0.2) is 63.8 Å². The number of benzene rings is 2. The summed E-state index contributed by atoms with van der Waals surface area (Å²) in [5.41, 5.74) is 1.51. The Bertz CT molecular complexity index is 1050. The number of likely N-dealkylation sites (tertiary alicyclic amines) is 1. The molecule has 0 bridgehead atoms. The van der Waals surface area contributed by atoms with E-state index in [1.165, 1.54) is 4.57 Å². The normalized spacial score (nSPS) is 14.9. The van der Waals surface area contributed by atoms with Crippen LogP contribution in [0, 0.1) is 0 Å². The standard InChI is InChI=1S/C21H20N2O5/c24-18(14-23-16-10-4-5-11-17(16)27-21(23)26)28-19(15-8-2-1-3-9-15)20(25)22-12-6-7-13-22/h1-5,8-11,19H,6-7,12-14H2. The number of esters is 1. The van der Waals surface area contributed by atoms with Crippen LogP contribution in [0.25, 0.3) is 11.1 Å². The van der Waals surface area contributed by atoms with Crippen molar-refractivity contribution in [2.45, 2.75) is 25.5 Å². The lowest BCUT2D eigenvalue weighted by atomic mass is 10.1. The van der Waals surface area contributed by atoms with Gasteiger partial charge in [-0.1, -0.05) is 42.5 Å². The van der Waals surface area contributed by atoms with E-state index in [4.69, 9.17) is 9.15 Å². The molecule has 1 unspecified atom stereocenters. The van der Waals surface area contributed by atoms with E-state index >= 15 is 0 Å². The summed E-state index contributed by atoms with van der Waals surface area (Å²) in [5.74, 6) is -1.54. The minimum Gasteiger partial charge on any atom is -0.446 e. The first-order valence-electron chi connectivity index (χ1n) is 9.25. The van der Waals surface area contributed by atoms with E-state index in [9.17, 15) is 14.4 Å². The lowest BCUT2D eigenvalue weighted by molar-refractivity contribution is -0.161. The van der Waals surface area contributed by atoms with Crippen LogP contribution in [0.3, 0.4) is 0 Å². The number of para-hydroxylation sites is 2. The highest BCUT2D eigenvalue weighted by Crippen LogP contribution is 2.23. The number of hydrogen-bond acceptors (Lipinski definition) is 5. The van der Waals surface area contributed by atoms with E-state index in [1.54, 1.807) is 53.4 Å². The Kier molecular flexibility index (Phi) is 4.97. The predicted molar refractivity (Wildman–Crippen MR) is 102 cm³/mol. The van der Waals surface area contributed by atoms with E-state index in [2.05, 4.69) is 0 Å². The van der Waals surface area contributed by atoms with Gasteiger partial charge in [0, 0.05) is 18.7 Å². The van der Waals surface area contributed by atoms with Gasteiger partial charge in [0.2, 0.25) is 6.10 Å². The Morgan fingerprint density at radius 1 is 1.00 bits per heavy atom. The first kappa shape index (κ1) is 18.0. The molecule has 1 saturated heterocycles. The number of aromatic nitrogens is 1. The number of oxazole rings is 1.